The quantitative estimate of drug-likeness (QED) is 0.823. The number of hydrogen-bond acceptors (Lipinski definition) is 3. The molecule has 1 saturated carbocycles. The van der Waals surface area contributed by atoms with Crippen molar-refractivity contribution in [3.8, 4) is 0 Å². The van der Waals surface area contributed by atoms with Gasteiger partial charge in [0.1, 0.15) is 17.7 Å². The smallest absolute Gasteiger partial charge is 0.329 e. The van der Waals surface area contributed by atoms with Crippen molar-refractivity contribution < 1.29 is 9.90 Å². The first kappa shape index (κ1) is 11.1. The normalized spacial score (nSPS) is 18.1. The molecule has 0 bridgehead atoms. The molecule has 1 fully saturated rings. The van der Waals surface area contributed by atoms with Crippen molar-refractivity contribution in [1.29, 1.82) is 0 Å². The van der Waals surface area contributed by atoms with Gasteiger partial charge < -0.3 is 9.67 Å². The Balaban J connectivity index is 2.25. The Bertz CT molecular complexity index is 382. The number of nitrogens with zero attached hydrogens (tertiary/aromatic N) is 3. The van der Waals surface area contributed by atoms with E-state index in [1.165, 1.54) is 0 Å². The molecule has 1 aromatic heterocycles. The van der Waals surface area contributed by atoms with Crippen LogP contribution >= 0.6 is 0 Å². The maximum absolute atomic E-state index is 11.4. The number of aromatic nitrogens is 3. The Labute approximate surface area is 94.5 Å². The summed E-state index contributed by atoms with van der Waals surface area (Å²) in [7, 11) is 0. The third-order valence-corrected chi connectivity index (χ3v) is 3.41. The summed E-state index contributed by atoms with van der Waals surface area (Å²) in [6.07, 6.45) is 6.84. The molecule has 0 saturated heterocycles. The average Bonchev–Trinajstić information content (AvgIpc) is 2.61. The highest BCUT2D eigenvalue weighted by molar-refractivity contribution is 5.78. The van der Waals surface area contributed by atoms with Gasteiger partial charge in [0, 0.05) is 6.42 Å². The third kappa shape index (κ3) is 1.60. The zero-order valence-electron chi connectivity index (χ0n) is 9.52. The monoisotopic (exact) mass is 223 g/mol. The number of aliphatic carboxylic acids is 1. The lowest BCUT2D eigenvalue weighted by Crippen LogP contribution is -2.48. The number of carboxylic acid groups (broad SMARTS) is 1. The van der Waals surface area contributed by atoms with Crippen molar-refractivity contribution >= 4 is 5.97 Å². The molecule has 1 aliphatic rings. The number of rotatable bonds is 5. The second kappa shape index (κ2) is 4.23. The van der Waals surface area contributed by atoms with Gasteiger partial charge in [0.05, 0.1) is 0 Å². The van der Waals surface area contributed by atoms with E-state index in [1.807, 2.05) is 0 Å². The fourth-order valence-corrected chi connectivity index (χ4v) is 2.19. The van der Waals surface area contributed by atoms with E-state index in [0.717, 1.165) is 31.5 Å². The molecule has 1 N–H and O–H groups in total. The Morgan fingerprint density at radius 2 is 2.38 bits per heavy atom. The average molecular weight is 223 g/mol. The summed E-state index contributed by atoms with van der Waals surface area (Å²) in [6.45, 7) is 2.11. The van der Waals surface area contributed by atoms with Crippen LogP contribution in [0, 0.1) is 0 Å². The van der Waals surface area contributed by atoms with Crippen molar-refractivity contribution in [3.05, 3.63) is 12.2 Å². The minimum absolute atomic E-state index is 0.694. The van der Waals surface area contributed by atoms with E-state index in [0.29, 0.717) is 12.8 Å². The van der Waals surface area contributed by atoms with E-state index in [-0.39, 0.29) is 0 Å². The summed E-state index contributed by atoms with van der Waals surface area (Å²) in [5.74, 6) is 0.0558. The van der Waals surface area contributed by atoms with Crippen LogP contribution in [0.4, 0.5) is 0 Å². The molecule has 1 aliphatic carbocycles. The number of unbranched alkanes of at least 4 members (excludes halogenated alkanes) is 1. The number of aryl methyl sites for hydroxylation is 1. The number of hydrogen-bond donors (Lipinski definition) is 1. The molecule has 88 valence electrons. The van der Waals surface area contributed by atoms with E-state index in [9.17, 15) is 9.90 Å². The summed E-state index contributed by atoms with van der Waals surface area (Å²) in [5, 5.41) is 17.2. The van der Waals surface area contributed by atoms with Crippen LogP contribution in [0.3, 0.4) is 0 Å². The van der Waals surface area contributed by atoms with E-state index in [1.54, 1.807) is 10.9 Å². The molecule has 0 radical (unpaired) electrons. The maximum Gasteiger partial charge on any atom is 0.329 e. The fraction of sp³-hybridized carbons (Fsp3) is 0.727. The molecule has 0 aromatic carbocycles. The van der Waals surface area contributed by atoms with E-state index < -0.39 is 11.5 Å². The van der Waals surface area contributed by atoms with Crippen LogP contribution in [-0.2, 0) is 16.8 Å². The van der Waals surface area contributed by atoms with Crippen LogP contribution < -0.4 is 0 Å². The van der Waals surface area contributed by atoms with Gasteiger partial charge in [-0.2, -0.15) is 0 Å². The largest absolute Gasteiger partial charge is 0.479 e. The molecule has 0 unspecified atom stereocenters. The van der Waals surface area contributed by atoms with Crippen LogP contribution in [0.25, 0.3) is 0 Å². The summed E-state index contributed by atoms with van der Waals surface area (Å²) in [5.41, 5.74) is -0.757. The molecule has 0 amide bonds. The van der Waals surface area contributed by atoms with E-state index in [2.05, 4.69) is 17.1 Å². The standard InChI is InChI=1S/C11H17N3O2/c1-2-3-5-9-13-12-8-14(9)11(10(15)16)6-4-7-11/h8H,2-7H2,1H3,(H,15,16). The predicted molar refractivity (Wildman–Crippen MR) is 58.1 cm³/mol. The second-order valence-corrected chi connectivity index (χ2v) is 4.41. The molecule has 5 nitrogen and oxygen atoms in total. The van der Waals surface area contributed by atoms with E-state index >= 15 is 0 Å². The van der Waals surface area contributed by atoms with Gasteiger partial charge in [-0.1, -0.05) is 13.3 Å². The summed E-state index contributed by atoms with van der Waals surface area (Å²) >= 11 is 0. The summed E-state index contributed by atoms with van der Waals surface area (Å²) in [4.78, 5) is 11.4. The number of carboxylic acids is 1. The molecule has 5 heteroatoms. The van der Waals surface area contributed by atoms with Gasteiger partial charge in [-0.25, -0.2) is 4.79 Å². The van der Waals surface area contributed by atoms with Crippen molar-refractivity contribution in [2.24, 2.45) is 0 Å². The van der Waals surface area contributed by atoms with Crippen LogP contribution in [0.5, 0.6) is 0 Å². The predicted octanol–water partition coefficient (Wildman–Crippen LogP) is 1.58. The van der Waals surface area contributed by atoms with Gasteiger partial charge in [-0.3, -0.25) is 0 Å². The van der Waals surface area contributed by atoms with E-state index in [4.69, 9.17) is 0 Å². The van der Waals surface area contributed by atoms with Crippen LogP contribution in [0.1, 0.15) is 44.9 Å². The fourth-order valence-electron chi connectivity index (χ4n) is 2.19. The topological polar surface area (TPSA) is 68.0 Å². The van der Waals surface area contributed by atoms with Crippen molar-refractivity contribution in [3.63, 3.8) is 0 Å². The Hall–Kier alpha value is -1.39. The van der Waals surface area contributed by atoms with Gasteiger partial charge in [0.15, 0.2) is 0 Å². The molecule has 1 heterocycles. The highest BCUT2D eigenvalue weighted by atomic mass is 16.4. The summed E-state index contributed by atoms with van der Waals surface area (Å²) < 4.78 is 1.77. The first-order valence-corrected chi connectivity index (χ1v) is 5.83. The van der Waals surface area contributed by atoms with Gasteiger partial charge in [0.2, 0.25) is 0 Å². The van der Waals surface area contributed by atoms with Crippen molar-refractivity contribution in [2.45, 2.75) is 51.0 Å². The SMILES string of the molecule is CCCCc1nncn1C1(C(=O)O)CCC1. The van der Waals surface area contributed by atoms with Crippen molar-refractivity contribution in [1.82, 2.24) is 14.8 Å². The molecule has 0 atom stereocenters. The second-order valence-electron chi connectivity index (χ2n) is 4.41. The Morgan fingerprint density at radius 3 is 2.88 bits per heavy atom. The molecular weight excluding hydrogens is 206 g/mol. The lowest BCUT2D eigenvalue weighted by molar-refractivity contribution is -0.152. The molecule has 16 heavy (non-hydrogen) atoms. The van der Waals surface area contributed by atoms with Crippen LogP contribution in [0.2, 0.25) is 0 Å². The first-order valence-electron chi connectivity index (χ1n) is 5.83. The van der Waals surface area contributed by atoms with Gasteiger partial charge in [-0.15, -0.1) is 10.2 Å². The highest BCUT2D eigenvalue weighted by Gasteiger charge is 2.47. The molecule has 1 aromatic rings. The molecular formula is C11H17N3O2. The Morgan fingerprint density at radius 1 is 1.62 bits per heavy atom. The minimum Gasteiger partial charge on any atom is -0.479 e. The molecule has 0 spiro atoms. The number of carbonyl (C=O) groups is 1. The van der Waals surface area contributed by atoms with Gasteiger partial charge in [0.25, 0.3) is 0 Å². The van der Waals surface area contributed by atoms with Crippen molar-refractivity contribution in [2.75, 3.05) is 0 Å². The van der Waals surface area contributed by atoms with Gasteiger partial charge in [-0.05, 0) is 25.7 Å². The lowest BCUT2D eigenvalue weighted by Gasteiger charge is -2.39. The van der Waals surface area contributed by atoms with Crippen LogP contribution in [0.15, 0.2) is 6.33 Å². The molecule has 2 rings (SSSR count). The summed E-state index contributed by atoms with van der Waals surface area (Å²) in [6, 6.07) is 0. The van der Waals surface area contributed by atoms with Gasteiger partial charge >= 0.3 is 5.97 Å². The Kier molecular flexibility index (Phi) is 2.94. The third-order valence-electron chi connectivity index (χ3n) is 3.41. The zero-order chi connectivity index (χ0) is 11.6. The van der Waals surface area contributed by atoms with Crippen LogP contribution in [-0.4, -0.2) is 25.8 Å². The lowest BCUT2D eigenvalue weighted by atomic mass is 9.76. The highest BCUT2D eigenvalue weighted by Crippen LogP contribution is 2.40. The maximum atomic E-state index is 11.4. The molecule has 0 aliphatic heterocycles. The zero-order valence-corrected chi connectivity index (χ0v) is 9.52. The first-order chi connectivity index (χ1) is 7.70. The minimum atomic E-state index is -0.757.